The van der Waals surface area contributed by atoms with Crippen LogP contribution in [-0.2, 0) is 0 Å². The lowest BCUT2D eigenvalue weighted by molar-refractivity contribution is 0.574. The minimum absolute atomic E-state index is 0.311. The van der Waals surface area contributed by atoms with E-state index in [0.717, 1.165) is 22.4 Å². The van der Waals surface area contributed by atoms with Crippen molar-refractivity contribution in [3.05, 3.63) is 83.4 Å². The molecule has 0 nitrogen and oxygen atoms in total. The van der Waals surface area contributed by atoms with Crippen molar-refractivity contribution in [1.82, 2.24) is 0 Å². The second kappa shape index (κ2) is 5.33. The first-order valence-corrected chi connectivity index (χ1v) is 7.15. The molecule has 0 aliphatic heterocycles. The van der Waals surface area contributed by atoms with Crippen LogP contribution in [0.25, 0.3) is 10.8 Å². The lowest BCUT2D eigenvalue weighted by Crippen LogP contribution is -1.98. The molecule has 0 heterocycles. The van der Waals surface area contributed by atoms with Crippen LogP contribution in [0.2, 0.25) is 0 Å². The van der Waals surface area contributed by atoms with Gasteiger partial charge in [-0.05, 0) is 22.4 Å². The third-order valence-electron chi connectivity index (χ3n) is 3.33. The summed E-state index contributed by atoms with van der Waals surface area (Å²) in [5, 5.41) is 2.15. The van der Waals surface area contributed by atoms with Gasteiger partial charge in [0, 0.05) is 11.6 Å². The molecule has 20 heavy (non-hydrogen) atoms. The highest BCUT2D eigenvalue weighted by molar-refractivity contribution is 9.09. The van der Waals surface area contributed by atoms with Crippen LogP contribution in [0.4, 0.5) is 8.78 Å². The summed E-state index contributed by atoms with van der Waals surface area (Å²) >= 11 is 3.53. The first-order chi connectivity index (χ1) is 9.66. The van der Waals surface area contributed by atoms with Gasteiger partial charge in [-0.15, -0.1) is 0 Å². The lowest BCUT2D eigenvalue weighted by Gasteiger charge is -2.14. The molecule has 0 aromatic heterocycles. The molecule has 0 saturated heterocycles. The Labute approximate surface area is 124 Å². The summed E-state index contributed by atoms with van der Waals surface area (Å²) in [6.07, 6.45) is 0. The molecule has 0 spiro atoms. The molecule has 1 unspecified atom stereocenters. The average Bonchev–Trinajstić information content (AvgIpc) is 2.46. The summed E-state index contributed by atoms with van der Waals surface area (Å²) in [6.45, 7) is 0. The number of hydrogen-bond donors (Lipinski definition) is 0. The zero-order valence-corrected chi connectivity index (χ0v) is 12.1. The van der Waals surface area contributed by atoms with E-state index in [9.17, 15) is 8.78 Å². The van der Waals surface area contributed by atoms with Crippen LogP contribution < -0.4 is 0 Å². The van der Waals surface area contributed by atoms with Crippen LogP contribution in [0.3, 0.4) is 0 Å². The number of hydrogen-bond acceptors (Lipinski definition) is 0. The first kappa shape index (κ1) is 13.3. The van der Waals surface area contributed by atoms with Crippen molar-refractivity contribution in [2.24, 2.45) is 0 Å². The predicted octanol–water partition coefficient (Wildman–Crippen LogP) is 5.60. The third-order valence-corrected chi connectivity index (χ3v) is 4.32. The molecule has 100 valence electrons. The molecule has 1 atom stereocenters. The van der Waals surface area contributed by atoms with Crippen molar-refractivity contribution in [3.63, 3.8) is 0 Å². The van der Waals surface area contributed by atoms with E-state index in [1.54, 1.807) is 0 Å². The molecule has 0 aliphatic carbocycles. The van der Waals surface area contributed by atoms with E-state index in [-0.39, 0.29) is 4.83 Å². The molecule has 0 fully saturated rings. The smallest absolute Gasteiger partial charge is 0.130 e. The van der Waals surface area contributed by atoms with Crippen LogP contribution in [0, 0.1) is 11.6 Å². The Morgan fingerprint density at radius 2 is 1.55 bits per heavy atom. The van der Waals surface area contributed by atoms with E-state index in [1.165, 1.54) is 12.1 Å². The summed E-state index contributed by atoms with van der Waals surface area (Å²) in [6, 6.07) is 17.5. The van der Waals surface area contributed by atoms with Gasteiger partial charge in [0.15, 0.2) is 0 Å². The van der Waals surface area contributed by atoms with Crippen molar-refractivity contribution < 1.29 is 8.78 Å². The zero-order valence-electron chi connectivity index (χ0n) is 10.5. The summed E-state index contributed by atoms with van der Waals surface area (Å²) in [5.74, 6) is -1.11. The molecule has 0 N–H and O–H groups in total. The van der Waals surface area contributed by atoms with Gasteiger partial charge in [-0.1, -0.05) is 64.5 Å². The number of benzene rings is 3. The van der Waals surface area contributed by atoms with Crippen molar-refractivity contribution >= 4 is 26.7 Å². The Bertz CT molecular complexity index is 763. The van der Waals surface area contributed by atoms with Gasteiger partial charge >= 0.3 is 0 Å². The third kappa shape index (κ3) is 2.34. The zero-order chi connectivity index (χ0) is 14.1. The van der Waals surface area contributed by atoms with Gasteiger partial charge in [-0.25, -0.2) is 8.78 Å². The van der Waals surface area contributed by atoms with Gasteiger partial charge in [-0.3, -0.25) is 0 Å². The Kier molecular flexibility index (Phi) is 3.53. The van der Waals surface area contributed by atoms with E-state index in [4.69, 9.17) is 0 Å². The topological polar surface area (TPSA) is 0 Å². The molecule has 0 radical (unpaired) electrons. The largest absolute Gasteiger partial charge is 0.207 e. The van der Waals surface area contributed by atoms with E-state index >= 15 is 0 Å². The van der Waals surface area contributed by atoms with Crippen LogP contribution in [-0.4, -0.2) is 0 Å². The van der Waals surface area contributed by atoms with Crippen LogP contribution in [0.1, 0.15) is 16.0 Å². The fraction of sp³-hybridized carbons (Fsp3) is 0.0588. The number of fused-ring (bicyclic) bond motifs is 1. The molecule has 3 heteroatoms. The van der Waals surface area contributed by atoms with Crippen molar-refractivity contribution in [3.8, 4) is 0 Å². The maximum absolute atomic E-state index is 13.9. The van der Waals surface area contributed by atoms with Gasteiger partial charge in [0.2, 0.25) is 0 Å². The minimum atomic E-state index is -0.566. The lowest BCUT2D eigenvalue weighted by atomic mass is 9.98. The maximum Gasteiger partial charge on any atom is 0.130 e. The number of rotatable bonds is 2. The highest BCUT2D eigenvalue weighted by atomic mass is 79.9. The number of halogens is 3. The normalized spacial score (nSPS) is 12.6. The Hall–Kier alpha value is -1.74. The van der Waals surface area contributed by atoms with Gasteiger partial charge in [-0.2, -0.15) is 0 Å². The molecule has 0 amide bonds. The molecule has 0 saturated carbocycles. The van der Waals surface area contributed by atoms with Crippen molar-refractivity contribution in [2.45, 2.75) is 4.83 Å². The van der Waals surface area contributed by atoms with E-state index in [0.29, 0.717) is 5.56 Å². The van der Waals surface area contributed by atoms with E-state index in [1.807, 2.05) is 42.5 Å². The van der Waals surface area contributed by atoms with Gasteiger partial charge in [0.05, 0.1) is 4.83 Å². The quantitative estimate of drug-likeness (QED) is 0.535. The number of alkyl halides is 1. The summed E-state index contributed by atoms with van der Waals surface area (Å²) < 4.78 is 26.9. The molecule has 3 aromatic rings. The summed E-state index contributed by atoms with van der Waals surface area (Å²) in [7, 11) is 0. The van der Waals surface area contributed by atoms with Crippen LogP contribution in [0.5, 0.6) is 0 Å². The van der Waals surface area contributed by atoms with Crippen molar-refractivity contribution in [2.75, 3.05) is 0 Å². The average molecular weight is 333 g/mol. The SMILES string of the molecule is Fc1ccc(C(Br)c2cccc3ccccc23)c(F)c1. The van der Waals surface area contributed by atoms with Gasteiger partial charge in [0.25, 0.3) is 0 Å². The second-order valence-corrected chi connectivity index (χ2v) is 5.51. The standard InChI is InChI=1S/C17H11BrF2/c18-17(15-9-8-12(19)10-16(15)20)14-7-3-5-11-4-1-2-6-13(11)14/h1-10,17H. The first-order valence-electron chi connectivity index (χ1n) is 6.23. The Morgan fingerprint density at radius 3 is 2.35 bits per heavy atom. The molecular formula is C17H11BrF2. The van der Waals surface area contributed by atoms with Gasteiger partial charge < -0.3 is 0 Å². The molecule has 3 aromatic carbocycles. The molecule has 0 bridgehead atoms. The molecule has 3 rings (SSSR count). The summed E-state index contributed by atoms with van der Waals surface area (Å²) in [5.41, 5.74) is 1.40. The Morgan fingerprint density at radius 1 is 0.800 bits per heavy atom. The Balaban J connectivity index is 2.15. The highest BCUT2D eigenvalue weighted by Gasteiger charge is 2.17. The fourth-order valence-electron chi connectivity index (χ4n) is 2.35. The minimum Gasteiger partial charge on any atom is -0.207 e. The van der Waals surface area contributed by atoms with E-state index < -0.39 is 11.6 Å². The van der Waals surface area contributed by atoms with E-state index in [2.05, 4.69) is 15.9 Å². The molecule has 0 aliphatic rings. The second-order valence-electron chi connectivity index (χ2n) is 4.60. The van der Waals surface area contributed by atoms with Crippen molar-refractivity contribution in [1.29, 1.82) is 0 Å². The maximum atomic E-state index is 13.9. The highest BCUT2D eigenvalue weighted by Crippen LogP contribution is 2.36. The predicted molar refractivity (Wildman–Crippen MR) is 81.1 cm³/mol. The summed E-state index contributed by atoms with van der Waals surface area (Å²) in [4.78, 5) is -0.311. The molecular weight excluding hydrogens is 322 g/mol. The van der Waals surface area contributed by atoms with Gasteiger partial charge in [0.1, 0.15) is 11.6 Å². The monoisotopic (exact) mass is 332 g/mol. The fourth-order valence-corrected chi connectivity index (χ4v) is 3.12. The van der Waals surface area contributed by atoms with Crippen LogP contribution >= 0.6 is 15.9 Å². The van der Waals surface area contributed by atoms with Crippen LogP contribution in [0.15, 0.2) is 60.7 Å².